The highest BCUT2D eigenvalue weighted by molar-refractivity contribution is 6.18. The number of non-ortho nitro benzene ring substituents is 1. The van der Waals surface area contributed by atoms with Gasteiger partial charge in [-0.1, -0.05) is 18.2 Å². The van der Waals surface area contributed by atoms with Crippen LogP contribution in [-0.4, -0.2) is 23.0 Å². The summed E-state index contributed by atoms with van der Waals surface area (Å²) in [5, 5.41) is 12.9. The Morgan fingerprint density at radius 1 is 1.30 bits per heavy atom. The van der Waals surface area contributed by atoms with Crippen molar-refractivity contribution in [2.45, 2.75) is 0 Å². The fraction of sp³-hybridized carbons (Fsp3) is 0.0714. The molecule has 0 spiro atoms. The Hall–Kier alpha value is -2.89. The Morgan fingerprint density at radius 2 is 2.00 bits per heavy atom. The summed E-state index contributed by atoms with van der Waals surface area (Å²) in [6, 6.07) is 8.36. The van der Waals surface area contributed by atoms with Gasteiger partial charge in [-0.3, -0.25) is 10.1 Å². The van der Waals surface area contributed by atoms with Gasteiger partial charge in [-0.2, -0.15) is 0 Å². The maximum absolute atomic E-state index is 11.8. The second kappa shape index (κ2) is 4.34. The van der Waals surface area contributed by atoms with Crippen molar-refractivity contribution in [1.29, 1.82) is 0 Å². The van der Waals surface area contributed by atoms with Gasteiger partial charge in [0.1, 0.15) is 0 Å². The number of carbonyl (C=O) groups excluding carboxylic acids is 1. The van der Waals surface area contributed by atoms with E-state index in [1.54, 1.807) is 24.3 Å². The smallest absolute Gasteiger partial charge is 0.340 e. The quantitative estimate of drug-likeness (QED) is 0.440. The molecule has 6 nitrogen and oxygen atoms in total. The number of methoxy groups -OCH3 is 1. The summed E-state index contributed by atoms with van der Waals surface area (Å²) in [4.78, 5) is 25.4. The number of carbonyl (C=O) groups is 1. The van der Waals surface area contributed by atoms with Crippen molar-refractivity contribution in [2.75, 3.05) is 7.11 Å². The summed E-state index contributed by atoms with van der Waals surface area (Å²) < 4.78 is 4.74. The maximum Gasteiger partial charge on any atom is 0.340 e. The molecular formula is C14H10N2O4. The first-order valence-electron chi connectivity index (χ1n) is 5.89. The molecule has 0 bridgehead atoms. The number of aromatic nitrogens is 1. The van der Waals surface area contributed by atoms with E-state index in [0.717, 1.165) is 0 Å². The molecule has 0 aliphatic heterocycles. The Labute approximate surface area is 113 Å². The van der Waals surface area contributed by atoms with Gasteiger partial charge < -0.3 is 9.72 Å². The van der Waals surface area contributed by atoms with Gasteiger partial charge in [0.15, 0.2) is 0 Å². The van der Waals surface area contributed by atoms with Crippen molar-refractivity contribution in [3.63, 3.8) is 0 Å². The van der Waals surface area contributed by atoms with E-state index in [1.807, 2.05) is 0 Å². The molecular weight excluding hydrogens is 260 g/mol. The average molecular weight is 270 g/mol. The van der Waals surface area contributed by atoms with E-state index in [0.29, 0.717) is 27.2 Å². The van der Waals surface area contributed by atoms with Crippen LogP contribution in [0.5, 0.6) is 0 Å². The molecule has 0 radical (unpaired) electrons. The third-order valence-corrected chi connectivity index (χ3v) is 3.27. The zero-order chi connectivity index (χ0) is 14.3. The number of nitro benzene ring substituents is 1. The maximum atomic E-state index is 11.8. The number of nitrogens with zero attached hydrogens (tertiary/aromatic N) is 1. The molecule has 1 aromatic heterocycles. The molecule has 0 atom stereocenters. The van der Waals surface area contributed by atoms with Crippen molar-refractivity contribution < 1.29 is 14.5 Å². The fourth-order valence-electron chi connectivity index (χ4n) is 2.40. The predicted molar refractivity (Wildman–Crippen MR) is 73.8 cm³/mol. The topological polar surface area (TPSA) is 85.2 Å². The number of fused-ring (bicyclic) bond motifs is 3. The molecule has 2 aromatic carbocycles. The fourth-order valence-corrected chi connectivity index (χ4v) is 2.40. The third-order valence-electron chi connectivity index (χ3n) is 3.27. The van der Waals surface area contributed by atoms with Crippen LogP contribution in [-0.2, 0) is 4.74 Å². The molecule has 0 unspecified atom stereocenters. The minimum absolute atomic E-state index is 0.00589. The lowest BCUT2D eigenvalue weighted by atomic mass is 10.0. The van der Waals surface area contributed by atoms with E-state index >= 15 is 0 Å². The molecule has 0 fully saturated rings. The van der Waals surface area contributed by atoms with E-state index < -0.39 is 10.9 Å². The lowest BCUT2D eigenvalue weighted by Gasteiger charge is -2.03. The van der Waals surface area contributed by atoms with E-state index in [9.17, 15) is 14.9 Å². The molecule has 3 rings (SSSR count). The van der Waals surface area contributed by atoms with Gasteiger partial charge in [-0.05, 0) is 11.5 Å². The molecule has 3 aromatic rings. The van der Waals surface area contributed by atoms with E-state index in [1.165, 1.54) is 19.4 Å². The molecule has 0 amide bonds. The Bertz CT molecular complexity index is 851. The van der Waals surface area contributed by atoms with E-state index in [4.69, 9.17) is 4.74 Å². The third kappa shape index (κ3) is 1.62. The SMILES string of the molecule is COC(=O)c1c[nH]c2cc([N+](=O)[O-])c3ccccc3c12. The molecule has 0 aliphatic carbocycles. The number of aromatic amines is 1. The van der Waals surface area contributed by atoms with Gasteiger partial charge in [-0.15, -0.1) is 0 Å². The van der Waals surface area contributed by atoms with Crippen LogP contribution < -0.4 is 0 Å². The molecule has 0 saturated heterocycles. The van der Waals surface area contributed by atoms with Crippen molar-refractivity contribution in [2.24, 2.45) is 0 Å². The summed E-state index contributed by atoms with van der Waals surface area (Å²) in [5.41, 5.74) is 0.913. The number of benzene rings is 2. The van der Waals surface area contributed by atoms with Crippen molar-refractivity contribution in [3.05, 3.63) is 52.2 Å². The summed E-state index contributed by atoms with van der Waals surface area (Å²) >= 11 is 0. The van der Waals surface area contributed by atoms with Crippen LogP contribution >= 0.6 is 0 Å². The molecule has 1 N–H and O–H groups in total. The van der Waals surface area contributed by atoms with Crippen LogP contribution in [0.4, 0.5) is 5.69 Å². The first-order valence-corrected chi connectivity index (χ1v) is 5.89. The second-order valence-corrected chi connectivity index (χ2v) is 4.31. The lowest BCUT2D eigenvalue weighted by Crippen LogP contribution is -2.00. The number of ether oxygens (including phenoxy) is 1. The highest BCUT2D eigenvalue weighted by Crippen LogP contribution is 2.34. The lowest BCUT2D eigenvalue weighted by molar-refractivity contribution is -0.382. The number of nitrogens with one attached hydrogen (secondary N) is 1. The zero-order valence-electron chi connectivity index (χ0n) is 10.5. The zero-order valence-corrected chi connectivity index (χ0v) is 10.5. The predicted octanol–water partition coefficient (Wildman–Crippen LogP) is 3.02. The van der Waals surface area contributed by atoms with Gasteiger partial charge in [0.2, 0.25) is 0 Å². The van der Waals surface area contributed by atoms with Gasteiger partial charge in [0, 0.05) is 17.6 Å². The molecule has 1 heterocycles. The Morgan fingerprint density at radius 3 is 2.65 bits per heavy atom. The first-order chi connectivity index (χ1) is 9.63. The summed E-state index contributed by atoms with van der Waals surface area (Å²) in [5.74, 6) is -0.477. The standard InChI is InChI=1S/C14H10N2O4/c1-20-14(17)10-7-15-11-6-12(16(18)19)8-4-2-3-5-9(8)13(10)11/h2-7,15H,1H3. The van der Waals surface area contributed by atoms with Gasteiger partial charge in [0.05, 0.1) is 28.5 Å². The molecule has 20 heavy (non-hydrogen) atoms. The van der Waals surface area contributed by atoms with Gasteiger partial charge in [0.25, 0.3) is 5.69 Å². The van der Waals surface area contributed by atoms with E-state index in [-0.39, 0.29) is 5.69 Å². The van der Waals surface area contributed by atoms with Crippen LogP contribution in [0.15, 0.2) is 36.5 Å². The minimum atomic E-state index is -0.477. The van der Waals surface area contributed by atoms with Crippen molar-refractivity contribution >= 4 is 33.3 Å². The largest absolute Gasteiger partial charge is 0.465 e. The summed E-state index contributed by atoms with van der Waals surface area (Å²) in [6.07, 6.45) is 1.51. The molecule has 0 saturated carbocycles. The summed E-state index contributed by atoms with van der Waals surface area (Å²) in [6.45, 7) is 0. The number of nitro groups is 1. The monoisotopic (exact) mass is 270 g/mol. The van der Waals surface area contributed by atoms with Crippen LogP contribution in [0.3, 0.4) is 0 Å². The highest BCUT2D eigenvalue weighted by Gasteiger charge is 2.20. The Kier molecular flexibility index (Phi) is 2.64. The number of rotatable bonds is 2. The Balaban J connectivity index is 2.50. The van der Waals surface area contributed by atoms with Crippen LogP contribution in [0.1, 0.15) is 10.4 Å². The van der Waals surface area contributed by atoms with Gasteiger partial charge >= 0.3 is 5.97 Å². The van der Waals surface area contributed by atoms with E-state index in [2.05, 4.69) is 4.98 Å². The molecule has 0 aliphatic rings. The highest BCUT2D eigenvalue weighted by atomic mass is 16.6. The van der Waals surface area contributed by atoms with Crippen LogP contribution in [0.2, 0.25) is 0 Å². The number of esters is 1. The number of H-pyrrole nitrogens is 1. The first kappa shape index (κ1) is 12.2. The van der Waals surface area contributed by atoms with Gasteiger partial charge in [-0.25, -0.2) is 4.79 Å². The normalized spacial score (nSPS) is 10.8. The van der Waals surface area contributed by atoms with Crippen molar-refractivity contribution in [3.8, 4) is 0 Å². The molecule has 100 valence electrons. The number of hydrogen-bond donors (Lipinski definition) is 1. The average Bonchev–Trinajstić information content (AvgIpc) is 2.89. The minimum Gasteiger partial charge on any atom is -0.465 e. The molecule has 6 heteroatoms. The van der Waals surface area contributed by atoms with Crippen molar-refractivity contribution in [1.82, 2.24) is 4.98 Å². The van der Waals surface area contributed by atoms with Crippen LogP contribution in [0, 0.1) is 10.1 Å². The van der Waals surface area contributed by atoms with Crippen LogP contribution in [0.25, 0.3) is 21.7 Å². The number of hydrogen-bond acceptors (Lipinski definition) is 4. The second-order valence-electron chi connectivity index (χ2n) is 4.31. The summed E-state index contributed by atoms with van der Waals surface area (Å²) in [7, 11) is 1.30.